The molecule has 4 rings (SSSR count). The second kappa shape index (κ2) is 6.91. The number of hydrogen-bond acceptors (Lipinski definition) is 2. The van der Waals surface area contributed by atoms with Crippen LogP contribution in [0.25, 0.3) is 0 Å². The van der Waals surface area contributed by atoms with Crippen molar-refractivity contribution in [1.29, 1.82) is 0 Å². The Morgan fingerprint density at radius 2 is 1.52 bits per heavy atom. The molecule has 0 saturated carbocycles. The molecule has 0 N–H and O–H groups in total. The standard InChI is InChI=1S/C21H16Cl2N2/c22-17-11-12-20(18(23)13-17)25-21(16-9-5-2-6-10-16)14-19(24-25)15-7-3-1-4-8-15/h1-13,21H,14H2/t21-/m1/s1. The number of hydrazone groups is 1. The third-order valence-corrected chi connectivity index (χ3v) is 4.90. The first-order valence-corrected chi connectivity index (χ1v) is 8.90. The highest BCUT2D eigenvalue weighted by molar-refractivity contribution is 6.36. The average molecular weight is 367 g/mol. The molecular formula is C21H16Cl2N2. The minimum Gasteiger partial charge on any atom is -0.256 e. The molecule has 1 aliphatic rings. The summed E-state index contributed by atoms with van der Waals surface area (Å²) in [7, 11) is 0. The van der Waals surface area contributed by atoms with Crippen molar-refractivity contribution in [2.24, 2.45) is 5.10 Å². The number of hydrogen-bond donors (Lipinski definition) is 0. The topological polar surface area (TPSA) is 15.6 Å². The Morgan fingerprint density at radius 3 is 2.20 bits per heavy atom. The summed E-state index contributed by atoms with van der Waals surface area (Å²) in [5.74, 6) is 0. The van der Waals surface area contributed by atoms with E-state index in [4.69, 9.17) is 28.3 Å². The van der Waals surface area contributed by atoms with Crippen molar-refractivity contribution in [3.05, 3.63) is 100 Å². The van der Waals surface area contributed by atoms with E-state index in [1.54, 1.807) is 6.07 Å². The van der Waals surface area contributed by atoms with Gasteiger partial charge in [0.2, 0.25) is 0 Å². The molecule has 0 aromatic heterocycles. The predicted molar refractivity (Wildman–Crippen MR) is 106 cm³/mol. The minimum absolute atomic E-state index is 0.107. The Kier molecular flexibility index (Phi) is 4.48. The maximum atomic E-state index is 6.46. The first-order chi connectivity index (χ1) is 12.2. The fourth-order valence-corrected chi connectivity index (χ4v) is 3.63. The van der Waals surface area contributed by atoms with Gasteiger partial charge in [0, 0.05) is 11.4 Å². The Labute approximate surface area is 157 Å². The lowest BCUT2D eigenvalue weighted by Crippen LogP contribution is -2.18. The van der Waals surface area contributed by atoms with Gasteiger partial charge in [-0.25, -0.2) is 0 Å². The maximum Gasteiger partial charge on any atom is 0.0832 e. The molecule has 2 nitrogen and oxygen atoms in total. The van der Waals surface area contributed by atoms with Gasteiger partial charge in [-0.15, -0.1) is 0 Å². The summed E-state index contributed by atoms with van der Waals surface area (Å²) in [5, 5.41) is 8.13. The number of anilines is 1. The van der Waals surface area contributed by atoms with E-state index in [9.17, 15) is 0 Å². The Hall–Kier alpha value is -2.29. The fraction of sp³-hybridized carbons (Fsp3) is 0.0952. The van der Waals surface area contributed by atoms with Crippen molar-refractivity contribution in [3.63, 3.8) is 0 Å². The molecule has 3 aromatic rings. The van der Waals surface area contributed by atoms with Crippen molar-refractivity contribution >= 4 is 34.6 Å². The molecule has 1 aliphatic heterocycles. The number of halogens is 2. The summed E-state index contributed by atoms with van der Waals surface area (Å²) in [6.45, 7) is 0. The van der Waals surface area contributed by atoms with Gasteiger partial charge in [-0.1, -0.05) is 83.9 Å². The molecule has 1 atom stereocenters. The lowest BCUT2D eigenvalue weighted by Gasteiger charge is -2.25. The molecule has 25 heavy (non-hydrogen) atoms. The predicted octanol–water partition coefficient (Wildman–Crippen LogP) is 6.35. The highest BCUT2D eigenvalue weighted by Gasteiger charge is 2.30. The number of rotatable bonds is 3. The quantitative estimate of drug-likeness (QED) is 0.527. The van der Waals surface area contributed by atoms with Gasteiger partial charge in [-0.05, 0) is 29.3 Å². The molecule has 3 aromatic carbocycles. The average Bonchev–Trinajstić information content (AvgIpc) is 3.08. The van der Waals surface area contributed by atoms with Crippen molar-refractivity contribution in [2.75, 3.05) is 5.01 Å². The third kappa shape index (κ3) is 3.28. The molecule has 0 unspecified atom stereocenters. The normalized spacial score (nSPS) is 16.8. The zero-order valence-corrected chi connectivity index (χ0v) is 15.0. The van der Waals surface area contributed by atoms with Crippen LogP contribution in [-0.4, -0.2) is 5.71 Å². The van der Waals surface area contributed by atoms with Gasteiger partial charge < -0.3 is 0 Å². The van der Waals surface area contributed by atoms with Crippen LogP contribution in [0.5, 0.6) is 0 Å². The number of nitrogens with zero attached hydrogens (tertiary/aromatic N) is 2. The number of benzene rings is 3. The smallest absolute Gasteiger partial charge is 0.0832 e. The molecule has 0 saturated heterocycles. The first kappa shape index (κ1) is 16.2. The van der Waals surface area contributed by atoms with Crippen LogP contribution in [0, 0.1) is 0 Å². The van der Waals surface area contributed by atoms with Gasteiger partial charge in [-0.2, -0.15) is 5.10 Å². The zero-order valence-electron chi connectivity index (χ0n) is 13.4. The van der Waals surface area contributed by atoms with Gasteiger partial charge >= 0.3 is 0 Å². The van der Waals surface area contributed by atoms with Crippen LogP contribution in [0.2, 0.25) is 10.0 Å². The monoisotopic (exact) mass is 366 g/mol. The van der Waals surface area contributed by atoms with E-state index in [1.807, 2.05) is 41.4 Å². The van der Waals surface area contributed by atoms with E-state index in [0.717, 1.165) is 23.4 Å². The molecule has 0 fully saturated rings. The van der Waals surface area contributed by atoms with Crippen LogP contribution in [0.15, 0.2) is 84.0 Å². The summed E-state index contributed by atoms with van der Waals surface area (Å²) in [6.07, 6.45) is 0.826. The summed E-state index contributed by atoms with van der Waals surface area (Å²) < 4.78 is 0. The van der Waals surface area contributed by atoms with E-state index in [2.05, 4.69) is 36.4 Å². The van der Waals surface area contributed by atoms with Crippen LogP contribution in [0.4, 0.5) is 5.69 Å². The van der Waals surface area contributed by atoms with E-state index >= 15 is 0 Å². The SMILES string of the molecule is Clc1ccc(N2N=C(c3ccccc3)C[C@@H]2c2ccccc2)c(Cl)c1. The van der Waals surface area contributed by atoms with E-state index in [1.165, 1.54) is 5.56 Å². The second-order valence-corrected chi connectivity index (χ2v) is 6.83. The van der Waals surface area contributed by atoms with Crippen molar-refractivity contribution < 1.29 is 0 Å². The lowest BCUT2D eigenvalue weighted by molar-refractivity contribution is 0.709. The van der Waals surface area contributed by atoms with Gasteiger partial charge in [-0.3, -0.25) is 5.01 Å². The van der Waals surface area contributed by atoms with Gasteiger partial charge in [0.15, 0.2) is 0 Å². The first-order valence-electron chi connectivity index (χ1n) is 8.14. The van der Waals surface area contributed by atoms with E-state index < -0.39 is 0 Å². The van der Waals surface area contributed by atoms with Crippen LogP contribution in [0.1, 0.15) is 23.6 Å². The molecule has 4 heteroatoms. The van der Waals surface area contributed by atoms with Crippen LogP contribution in [-0.2, 0) is 0 Å². The Bertz CT molecular complexity index is 908. The second-order valence-electron chi connectivity index (χ2n) is 5.98. The zero-order chi connectivity index (χ0) is 17.2. The Morgan fingerprint density at radius 1 is 0.840 bits per heavy atom. The van der Waals surface area contributed by atoms with Crippen molar-refractivity contribution in [1.82, 2.24) is 0 Å². The van der Waals surface area contributed by atoms with Crippen LogP contribution < -0.4 is 5.01 Å². The molecular weight excluding hydrogens is 351 g/mol. The summed E-state index contributed by atoms with van der Waals surface area (Å²) in [6, 6.07) is 26.3. The van der Waals surface area contributed by atoms with Crippen LogP contribution in [0.3, 0.4) is 0 Å². The highest BCUT2D eigenvalue weighted by atomic mass is 35.5. The Balaban J connectivity index is 1.79. The minimum atomic E-state index is 0.107. The molecule has 0 spiro atoms. The van der Waals surface area contributed by atoms with Gasteiger partial charge in [0.05, 0.1) is 22.5 Å². The molecule has 0 amide bonds. The third-order valence-electron chi connectivity index (χ3n) is 4.36. The largest absolute Gasteiger partial charge is 0.256 e. The summed E-state index contributed by atoms with van der Waals surface area (Å²) >= 11 is 12.5. The van der Waals surface area contributed by atoms with E-state index in [-0.39, 0.29) is 6.04 Å². The summed E-state index contributed by atoms with van der Waals surface area (Å²) in [5.41, 5.74) is 4.27. The maximum absolute atomic E-state index is 6.46. The van der Waals surface area contributed by atoms with Crippen molar-refractivity contribution in [3.8, 4) is 0 Å². The molecule has 0 radical (unpaired) electrons. The van der Waals surface area contributed by atoms with E-state index in [0.29, 0.717) is 10.0 Å². The highest BCUT2D eigenvalue weighted by Crippen LogP contribution is 2.40. The molecule has 0 bridgehead atoms. The van der Waals surface area contributed by atoms with Gasteiger partial charge in [0.25, 0.3) is 0 Å². The fourth-order valence-electron chi connectivity index (χ4n) is 3.14. The van der Waals surface area contributed by atoms with Crippen LogP contribution >= 0.6 is 23.2 Å². The molecule has 124 valence electrons. The molecule has 0 aliphatic carbocycles. The van der Waals surface area contributed by atoms with Crippen molar-refractivity contribution in [2.45, 2.75) is 12.5 Å². The lowest BCUT2D eigenvalue weighted by atomic mass is 9.98. The van der Waals surface area contributed by atoms with Gasteiger partial charge in [0.1, 0.15) is 0 Å². The summed E-state index contributed by atoms with van der Waals surface area (Å²) in [4.78, 5) is 0. The molecule has 1 heterocycles.